The van der Waals surface area contributed by atoms with Crippen molar-refractivity contribution in [2.24, 2.45) is 5.92 Å². The van der Waals surface area contributed by atoms with Gasteiger partial charge in [0.05, 0.1) is 7.11 Å². The maximum Gasteiger partial charge on any atom is 0.333 e. The monoisotopic (exact) mass is 366 g/mol. The van der Waals surface area contributed by atoms with E-state index in [1.807, 2.05) is 13.0 Å². The molecule has 154 valence electrons. The number of allylic oxidation sites excluding steroid dienone is 1. The molecule has 0 aromatic carbocycles. The Morgan fingerprint density at radius 2 is 1.23 bits per heavy atom. The lowest BCUT2D eigenvalue weighted by Gasteiger charge is -2.09. The number of hydrogen-bond donors (Lipinski definition) is 0. The number of methoxy groups -OCH3 is 1. The second kappa shape index (κ2) is 19.0. The van der Waals surface area contributed by atoms with Crippen LogP contribution >= 0.6 is 0 Å². The number of ether oxygens (including phenoxy) is 1. The predicted molar refractivity (Wildman–Crippen MR) is 114 cm³/mol. The lowest BCUT2D eigenvalue weighted by molar-refractivity contribution is -0.136. The van der Waals surface area contributed by atoms with Crippen molar-refractivity contribution in [3.63, 3.8) is 0 Å². The summed E-state index contributed by atoms with van der Waals surface area (Å²) in [7, 11) is 1.44. The lowest BCUT2D eigenvalue weighted by atomic mass is 9.97. The van der Waals surface area contributed by atoms with Gasteiger partial charge in [-0.1, -0.05) is 116 Å². The zero-order valence-corrected chi connectivity index (χ0v) is 18.3. The van der Waals surface area contributed by atoms with Crippen molar-refractivity contribution < 1.29 is 9.53 Å². The van der Waals surface area contributed by atoms with E-state index >= 15 is 0 Å². The van der Waals surface area contributed by atoms with E-state index in [9.17, 15) is 4.79 Å². The van der Waals surface area contributed by atoms with Crippen LogP contribution in [0.5, 0.6) is 0 Å². The summed E-state index contributed by atoms with van der Waals surface area (Å²) in [6.07, 6.45) is 24.1. The fraction of sp³-hybridized carbons (Fsp3) is 0.875. The van der Waals surface area contributed by atoms with Crippen LogP contribution in [0.1, 0.15) is 124 Å². The summed E-state index contributed by atoms with van der Waals surface area (Å²) in [4.78, 5) is 11.3. The smallest absolute Gasteiger partial charge is 0.333 e. The highest BCUT2D eigenvalue weighted by Gasteiger charge is 2.05. The van der Waals surface area contributed by atoms with Crippen LogP contribution in [-0.4, -0.2) is 13.1 Å². The minimum Gasteiger partial charge on any atom is -0.466 e. The zero-order valence-electron chi connectivity index (χ0n) is 18.3. The molecule has 0 fully saturated rings. The van der Waals surface area contributed by atoms with E-state index in [0.717, 1.165) is 12.0 Å². The van der Waals surface area contributed by atoms with Gasteiger partial charge in [0, 0.05) is 5.57 Å². The van der Waals surface area contributed by atoms with Crippen molar-refractivity contribution in [1.29, 1.82) is 0 Å². The van der Waals surface area contributed by atoms with Crippen LogP contribution in [-0.2, 0) is 9.53 Å². The zero-order chi connectivity index (χ0) is 19.5. The van der Waals surface area contributed by atoms with Gasteiger partial charge in [-0.05, 0) is 19.3 Å². The highest BCUT2D eigenvalue weighted by molar-refractivity contribution is 5.87. The normalized spacial score (nSPS) is 13.0. The predicted octanol–water partition coefficient (Wildman–Crippen LogP) is 8.00. The molecule has 0 aliphatic heterocycles. The largest absolute Gasteiger partial charge is 0.466 e. The van der Waals surface area contributed by atoms with Gasteiger partial charge < -0.3 is 4.74 Å². The molecular weight excluding hydrogens is 320 g/mol. The van der Waals surface area contributed by atoms with E-state index in [1.54, 1.807) is 0 Å². The summed E-state index contributed by atoms with van der Waals surface area (Å²) in [5.74, 6) is 0.459. The number of carbonyl (C=O) groups is 1. The fourth-order valence-corrected chi connectivity index (χ4v) is 3.43. The maximum absolute atomic E-state index is 11.3. The van der Waals surface area contributed by atoms with E-state index in [4.69, 9.17) is 4.74 Å². The van der Waals surface area contributed by atoms with E-state index in [1.165, 1.54) is 103 Å². The summed E-state index contributed by atoms with van der Waals surface area (Å²) >= 11 is 0. The maximum atomic E-state index is 11.3. The molecule has 2 heteroatoms. The van der Waals surface area contributed by atoms with E-state index in [0.29, 0.717) is 5.92 Å². The summed E-state index contributed by atoms with van der Waals surface area (Å²) in [5, 5.41) is 0. The van der Waals surface area contributed by atoms with Crippen LogP contribution in [0.3, 0.4) is 0 Å². The number of hydrogen-bond acceptors (Lipinski definition) is 2. The molecule has 0 aromatic rings. The Labute approximate surface area is 164 Å². The highest BCUT2D eigenvalue weighted by atomic mass is 16.5. The third-order valence-electron chi connectivity index (χ3n) is 5.38. The van der Waals surface area contributed by atoms with Gasteiger partial charge >= 0.3 is 5.97 Å². The van der Waals surface area contributed by atoms with Crippen molar-refractivity contribution >= 4 is 5.97 Å². The Hall–Kier alpha value is -0.790. The molecule has 0 aromatic heterocycles. The summed E-state index contributed by atoms with van der Waals surface area (Å²) in [5.41, 5.74) is 0.736. The fourth-order valence-electron chi connectivity index (χ4n) is 3.43. The second-order valence-electron chi connectivity index (χ2n) is 8.10. The molecule has 0 aliphatic carbocycles. The molecule has 0 aliphatic rings. The first-order valence-electron chi connectivity index (χ1n) is 11.4. The first-order valence-corrected chi connectivity index (χ1v) is 11.4. The minimum atomic E-state index is -0.200. The van der Waals surface area contributed by atoms with Crippen molar-refractivity contribution in [3.8, 4) is 0 Å². The molecule has 0 amide bonds. The molecule has 26 heavy (non-hydrogen) atoms. The third kappa shape index (κ3) is 16.7. The number of esters is 1. The highest BCUT2D eigenvalue weighted by Crippen LogP contribution is 2.17. The first kappa shape index (κ1) is 25.2. The summed E-state index contributed by atoms with van der Waals surface area (Å²) in [6.45, 7) is 6.40. The standard InChI is InChI=1S/C24H46O2/c1-5-6-7-8-9-10-11-12-13-14-15-16-17-18-19-22(2)20-21-23(3)24(25)26-4/h21-22H,5-20H2,1-4H3/b23-21+/t22-/m0/s1. The van der Waals surface area contributed by atoms with Gasteiger partial charge in [0.1, 0.15) is 0 Å². The van der Waals surface area contributed by atoms with Gasteiger partial charge in [-0.25, -0.2) is 4.79 Å². The van der Waals surface area contributed by atoms with Gasteiger partial charge in [0.2, 0.25) is 0 Å². The Morgan fingerprint density at radius 1 is 0.808 bits per heavy atom. The Kier molecular flexibility index (Phi) is 18.4. The first-order chi connectivity index (χ1) is 12.6. The minimum absolute atomic E-state index is 0.200. The van der Waals surface area contributed by atoms with Crippen LogP contribution in [0.2, 0.25) is 0 Å². The lowest BCUT2D eigenvalue weighted by Crippen LogP contribution is -2.02. The molecule has 0 saturated carbocycles. The Morgan fingerprint density at radius 3 is 1.65 bits per heavy atom. The molecule has 2 nitrogen and oxygen atoms in total. The average molecular weight is 367 g/mol. The second-order valence-corrected chi connectivity index (χ2v) is 8.10. The molecule has 0 radical (unpaired) electrons. The van der Waals surface area contributed by atoms with Crippen LogP contribution in [0.25, 0.3) is 0 Å². The SMILES string of the molecule is CCCCCCCCCCCCCCCC[C@H](C)C/C=C(\C)C(=O)OC. The van der Waals surface area contributed by atoms with Gasteiger partial charge in [-0.3, -0.25) is 0 Å². The molecule has 0 heterocycles. The Bertz CT molecular complexity index is 346. The van der Waals surface area contributed by atoms with Crippen LogP contribution < -0.4 is 0 Å². The number of carbonyl (C=O) groups excluding carboxylic acids is 1. The van der Waals surface area contributed by atoms with Crippen molar-refractivity contribution in [2.45, 2.75) is 124 Å². The summed E-state index contributed by atoms with van der Waals surface area (Å²) in [6, 6.07) is 0. The van der Waals surface area contributed by atoms with Crippen molar-refractivity contribution in [2.75, 3.05) is 7.11 Å². The van der Waals surface area contributed by atoms with E-state index < -0.39 is 0 Å². The molecule has 0 N–H and O–H groups in total. The molecule has 0 spiro atoms. The number of unbranched alkanes of at least 4 members (excludes halogenated alkanes) is 13. The van der Waals surface area contributed by atoms with E-state index in [2.05, 4.69) is 13.8 Å². The molecule has 0 unspecified atom stereocenters. The van der Waals surface area contributed by atoms with Gasteiger partial charge in [0.25, 0.3) is 0 Å². The molecule has 1 atom stereocenters. The van der Waals surface area contributed by atoms with Crippen molar-refractivity contribution in [3.05, 3.63) is 11.6 Å². The summed E-state index contributed by atoms with van der Waals surface area (Å²) < 4.78 is 4.72. The van der Waals surface area contributed by atoms with E-state index in [-0.39, 0.29) is 5.97 Å². The molecule has 0 bridgehead atoms. The van der Waals surface area contributed by atoms with Gasteiger partial charge in [-0.15, -0.1) is 0 Å². The van der Waals surface area contributed by atoms with Gasteiger partial charge in [-0.2, -0.15) is 0 Å². The number of rotatable bonds is 18. The third-order valence-corrected chi connectivity index (χ3v) is 5.38. The average Bonchev–Trinajstić information content (AvgIpc) is 2.65. The van der Waals surface area contributed by atoms with Crippen LogP contribution in [0, 0.1) is 5.92 Å². The Balaban J connectivity index is 3.32. The molecule has 0 rings (SSSR count). The quantitative estimate of drug-likeness (QED) is 0.139. The molecular formula is C24H46O2. The molecule has 0 saturated heterocycles. The topological polar surface area (TPSA) is 26.3 Å². The van der Waals surface area contributed by atoms with Gasteiger partial charge in [0.15, 0.2) is 0 Å². The van der Waals surface area contributed by atoms with Crippen molar-refractivity contribution in [1.82, 2.24) is 0 Å². The van der Waals surface area contributed by atoms with Crippen LogP contribution in [0.4, 0.5) is 0 Å². The van der Waals surface area contributed by atoms with Crippen LogP contribution in [0.15, 0.2) is 11.6 Å².